The number of carbonyl (C=O) groups excluding carboxylic acids is 1. The van der Waals surface area contributed by atoms with E-state index in [1.807, 2.05) is 47.4 Å². The second-order valence-corrected chi connectivity index (χ2v) is 11.8. The van der Waals surface area contributed by atoms with Crippen molar-refractivity contribution in [2.24, 2.45) is 11.3 Å². The first-order valence-electron chi connectivity index (χ1n) is 12.2. The van der Waals surface area contributed by atoms with Crippen LogP contribution in [0.15, 0.2) is 48.5 Å². The number of rotatable bonds is 8. The Balaban J connectivity index is 1.83. The molecule has 188 valence electrons. The summed E-state index contributed by atoms with van der Waals surface area (Å²) in [5.74, 6) is -0.910. The normalized spacial score (nSPS) is 23.9. The Kier molecular flexibility index (Phi) is 7.80. The molecule has 2 aromatic rings. The fraction of sp³-hybridized carbons (Fsp3) is 0.500. The van der Waals surface area contributed by atoms with Gasteiger partial charge in [0.15, 0.2) is 0 Å². The number of hydrogen-bond donors (Lipinski definition) is 1. The van der Waals surface area contributed by atoms with Crippen molar-refractivity contribution in [1.29, 1.82) is 0 Å². The number of ether oxygens (including phenoxy) is 1. The van der Waals surface area contributed by atoms with E-state index in [4.69, 9.17) is 27.9 Å². The minimum absolute atomic E-state index is 0.00396. The molecule has 1 aliphatic heterocycles. The van der Waals surface area contributed by atoms with E-state index in [1.165, 1.54) is 0 Å². The van der Waals surface area contributed by atoms with Gasteiger partial charge in [-0.3, -0.25) is 9.59 Å². The van der Waals surface area contributed by atoms with E-state index in [2.05, 4.69) is 20.8 Å². The third kappa shape index (κ3) is 6.38. The third-order valence-corrected chi connectivity index (χ3v) is 7.38. The fourth-order valence-electron chi connectivity index (χ4n) is 5.03. The quantitative estimate of drug-likeness (QED) is 0.406. The zero-order valence-electron chi connectivity index (χ0n) is 20.4. The smallest absolute Gasteiger partial charge is 0.306 e. The van der Waals surface area contributed by atoms with Gasteiger partial charge in [0.1, 0.15) is 12.2 Å². The second-order valence-electron chi connectivity index (χ2n) is 10.9. The lowest BCUT2D eigenvalue weighted by Crippen LogP contribution is -2.56. The van der Waals surface area contributed by atoms with Crippen LogP contribution < -0.4 is 0 Å². The molecule has 4 atom stereocenters. The molecule has 2 aliphatic rings. The number of carbonyl (C=O) groups is 2. The molecule has 1 heterocycles. The summed E-state index contributed by atoms with van der Waals surface area (Å²) in [6.07, 6.45) is 1.94. The number of benzene rings is 2. The molecular formula is C28H33Cl2NO4. The van der Waals surface area contributed by atoms with Gasteiger partial charge in [-0.05, 0) is 72.4 Å². The highest BCUT2D eigenvalue weighted by Gasteiger charge is 2.50. The Morgan fingerprint density at radius 1 is 1.09 bits per heavy atom. The number of aliphatic carboxylic acids is 1. The van der Waals surface area contributed by atoms with E-state index in [-0.39, 0.29) is 23.8 Å². The van der Waals surface area contributed by atoms with Crippen LogP contribution in [-0.4, -0.2) is 34.0 Å². The van der Waals surface area contributed by atoms with Crippen molar-refractivity contribution in [1.82, 2.24) is 4.90 Å². The minimum Gasteiger partial charge on any atom is -0.481 e. The van der Waals surface area contributed by atoms with Crippen molar-refractivity contribution in [3.05, 3.63) is 69.7 Å². The first-order chi connectivity index (χ1) is 16.5. The zero-order valence-corrected chi connectivity index (χ0v) is 21.9. The molecule has 2 fully saturated rings. The van der Waals surface area contributed by atoms with E-state index in [0.717, 1.165) is 36.8 Å². The number of amides is 1. The van der Waals surface area contributed by atoms with Crippen LogP contribution in [0.5, 0.6) is 0 Å². The molecule has 4 rings (SSSR count). The summed E-state index contributed by atoms with van der Waals surface area (Å²) < 4.78 is 6.31. The van der Waals surface area contributed by atoms with Gasteiger partial charge in [0.25, 0.3) is 5.91 Å². The predicted octanol–water partition coefficient (Wildman–Crippen LogP) is 7.08. The van der Waals surface area contributed by atoms with Gasteiger partial charge in [-0.15, -0.1) is 0 Å². The standard InChI is InChI=1S/C28H33Cl2NO4/c1-28(2,3)14-13-22(17-7-8-17)31-25(18-9-11-20(29)12-10-18)26(19-5-4-6-21(30)15-19)35-23(27(31)34)16-24(32)33/h4-6,9-12,15,17,22-23,25-26H,7-8,13-14,16H2,1-3H3,(H,32,33)/t22-,23-,25-,26-/m1/s1. The molecule has 0 spiro atoms. The van der Waals surface area contributed by atoms with Crippen molar-refractivity contribution in [3.8, 4) is 0 Å². The maximum Gasteiger partial charge on any atom is 0.306 e. The third-order valence-electron chi connectivity index (χ3n) is 6.89. The highest BCUT2D eigenvalue weighted by molar-refractivity contribution is 6.30. The van der Waals surface area contributed by atoms with Crippen LogP contribution in [0.4, 0.5) is 0 Å². The van der Waals surface area contributed by atoms with E-state index in [9.17, 15) is 14.7 Å². The molecule has 35 heavy (non-hydrogen) atoms. The van der Waals surface area contributed by atoms with Gasteiger partial charge in [0.05, 0.1) is 12.5 Å². The topological polar surface area (TPSA) is 66.8 Å². The number of morpholine rings is 1. The first kappa shape index (κ1) is 26.0. The minimum atomic E-state index is -1.06. The van der Waals surface area contributed by atoms with Gasteiger partial charge in [-0.1, -0.05) is 68.2 Å². The van der Waals surface area contributed by atoms with Gasteiger partial charge >= 0.3 is 5.97 Å². The molecule has 2 aromatic carbocycles. The lowest BCUT2D eigenvalue weighted by atomic mass is 9.84. The largest absolute Gasteiger partial charge is 0.481 e. The lowest BCUT2D eigenvalue weighted by Gasteiger charge is -2.48. The summed E-state index contributed by atoms with van der Waals surface area (Å²) in [6, 6.07) is 14.5. The van der Waals surface area contributed by atoms with Crippen LogP contribution in [-0.2, 0) is 14.3 Å². The van der Waals surface area contributed by atoms with Gasteiger partial charge < -0.3 is 14.7 Å². The SMILES string of the molecule is CC(C)(C)CC[C@H](C1CC1)N1C(=O)[C@@H](CC(=O)O)O[C@H](c2cccc(Cl)c2)[C@H]1c1ccc(Cl)cc1. The molecule has 5 nitrogen and oxygen atoms in total. The summed E-state index contributed by atoms with van der Waals surface area (Å²) in [6.45, 7) is 6.62. The summed E-state index contributed by atoms with van der Waals surface area (Å²) in [5.41, 5.74) is 1.84. The van der Waals surface area contributed by atoms with Gasteiger partial charge in [0, 0.05) is 16.1 Å². The van der Waals surface area contributed by atoms with Crippen LogP contribution in [0.25, 0.3) is 0 Å². The monoisotopic (exact) mass is 517 g/mol. The Hall–Kier alpha value is -2.08. The molecule has 0 unspecified atom stereocenters. The van der Waals surface area contributed by atoms with Gasteiger partial charge in [0.2, 0.25) is 0 Å². The molecule has 1 amide bonds. The van der Waals surface area contributed by atoms with Crippen LogP contribution in [0.3, 0.4) is 0 Å². The molecule has 0 bridgehead atoms. The molecule has 7 heteroatoms. The van der Waals surface area contributed by atoms with Gasteiger partial charge in [-0.25, -0.2) is 0 Å². The summed E-state index contributed by atoms with van der Waals surface area (Å²) in [4.78, 5) is 27.6. The Morgan fingerprint density at radius 3 is 2.34 bits per heavy atom. The maximum atomic E-state index is 13.9. The van der Waals surface area contributed by atoms with Crippen molar-refractivity contribution >= 4 is 35.1 Å². The van der Waals surface area contributed by atoms with Crippen molar-refractivity contribution in [2.45, 2.75) is 77.2 Å². The Morgan fingerprint density at radius 2 is 1.77 bits per heavy atom. The van der Waals surface area contributed by atoms with E-state index in [0.29, 0.717) is 16.0 Å². The number of hydrogen-bond acceptors (Lipinski definition) is 3. The van der Waals surface area contributed by atoms with Crippen LogP contribution in [0, 0.1) is 11.3 Å². The summed E-state index contributed by atoms with van der Waals surface area (Å²) in [5, 5.41) is 10.7. The summed E-state index contributed by atoms with van der Waals surface area (Å²) >= 11 is 12.5. The molecule has 1 saturated heterocycles. The van der Waals surface area contributed by atoms with E-state index in [1.54, 1.807) is 6.07 Å². The molecule has 1 saturated carbocycles. The Bertz CT molecular complexity index is 1060. The number of carboxylic acids is 1. The highest BCUT2D eigenvalue weighted by Crippen LogP contribution is 2.49. The van der Waals surface area contributed by atoms with E-state index < -0.39 is 24.2 Å². The van der Waals surface area contributed by atoms with Crippen molar-refractivity contribution in [3.63, 3.8) is 0 Å². The first-order valence-corrected chi connectivity index (χ1v) is 13.0. The molecule has 1 N–H and O–H groups in total. The number of carboxylic acid groups (broad SMARTS) is 1. The fourth-order valence-corrected chi connectivity index (χ4v) is 5.35. The molecule has 1 aliphatic carbocycles. The molecular weight excluding hydrogens is 485 g/mol. The average Bonchev–Trinajstić information content (AvgIpc) is 3.61. The van der Waals surface area contributed by atoms with Gasteiger partial charge in [-0.2, -0.15) is 0 Å². The average molecular weight is 518 g/mol. The molecule has 0 aromatic heterocycles. The lowest BCUT2D eigenvalue weighted by molar-refractivity contribution is -0.184. The van der Waals surface area contributed by atoms with Crippen LogP contribution in [0.2, 0.25) is 10.0 Å². The van der Waals surface area contributed by atoms with Crippen molar-refractivity contribution in [2.75, 3.05) is 0 Å². The predicted molar refractivity (Wildman–Crippen MR) is 138 cm³/mol. The van der Waals surface area contributed by atoms with Crippen LogP contribution in [0.1, 0.15) is 76.1 Å². The summed E-state index contributed by atoms with van der Waals surface area (Å²) in [7, 11) is 0. The number of halogens is 2. The maximum absolute atomic E-state index is 13.9. The molecule has 0 radical (unpaired) electrons. The van der Waals surface area contributed by atoms with Crippen molar-refractivity contribution < 1.29 is 19.4 Å². The second kappa shape index (κ2) is 10.5. The highest BCUT2D eigenvalue weighted by atomic mass is 35.5. The van der Waals surface area contributed by atoms with E-state index >= 15 is 0 Å². The number of nitrogens with zero attached hydrogens (tertiary/aromatic N) is 1. The zero-order chi connectivity index (χ0) is 25.3. The Labute approximate surface area is 217 Å². The van der Waals surface area contributed by atoms with Crippen LogP contribution >= 0.6 is 23.2 Å².